The summed E-state index contributed by atoms with van der Waals surface area (Å²) in [5.41, 5.74) is 1.51. The fraction of sp³-hybridized carbons (Fsp3) is 0.211. The fourth-order valence-electron chi connectivity index (χ4n) is 2.19. The fourth-order valence-corrected chi connectivity index (χ4v) is 3.20. The van der Waals surface area contributed by atoms with Crippen LogP contribution in [0.4, 0.5) is 5.13 Å². The Hall–Kier alpha value is -2.25. The van der Waals surface area contributed by atoms with Gasteiger partial charge in [-0.05, 0) is 42.8 Å². The maximum Gasteiger partial charge on any atom is 0.257 e. The number of benzene rings is 2. The highest BCUT2D eigenvalue weighted by atomic mass is 79.9. The molecule has 1 heterocycles. The lowest BCUT2D eigenvalue weighted by Gasteiger charge is -2.06. The summed E-state index contributed by atoms with van der Waals surface area (Å²) in [4.78, 5) is 12.4. The van der Waals surface area contributed by atoms with Crippen molar-refractivity contribution in [1.29, 1.82) is 0 Å². The molecule has 0 spiro atoms. The Balaban J connectivity index is 1.62. The van der Waals surface area contributed by atoms with Gasteiger partial charge < -0.3 is 4.74 Å². The first-order chi connectivity index (χ1) is 12.7. The van der Waals surface area contributed by atoms with Crippen LogP contribution >= 0.6 is 27.3 Å². The van der Waals surface area contributed by atoms with Crippen LogP contribution in [0.5, 0.6) is 5.75 Å². The molecule has 0 atom stereocenters. The van der Waals surface area contributed by atoms with E-state index < -0.39 is 0 Å². The molecule has 0 saturated carbocycles. The molecular formula is C19H18BrN3O2S. The average molecular weight is 432 g/mol. The van der Waals surface area contributed by atoms with Crippen molar-refractivity contribution >= 4 is 38.3 Å². The third-order valence-corrected chi connectivity index (χ3v) is 5.04. The van der Waals surface area contributed by atoms with E-state index in [0.29, 0.717) is 17.3 Å². The second kappa shape index (κ2) is 8.91. The van der Waals surface area contributed by atoms with E-state index in [9.17, 15) is 4.79 Å². The van der Waals surface area contributed by atoms with E-state index >= 15 is 0 Å². The Kier molecular flexibility index (Phi) is 6.35. The lowest BCUT2D eigenvalue weighted by molar-refractivity contribution is 0.102. The number of halogens is 1. The molecular weight excluding hydrogens is 414 g/mol. The number of aromatic nitrogens is 2. The molecule has 3 aromatic rings. The molecule has 26 heavy (non-hydrogen) atoms. The molecule has 0 fully saturated rings. The number of amides is 1. The molecule has 3 rings (SSSR count). The van der Waals surface area contributed by atoms with Gasteiger partial charge in [-0.2, -0.15) is 0 Å². The van der Waals surface area contributed by atoms with Crippen molar-refractivity contribution in [2.45, 2.75) is 19.8 Å². The third kappa shape index (κ3) is 4.89. The van der Waals surface area contributed by atoms with Crippen molar-refractivity contribution < 1.29 is 9.53 Å². The summed E-state index contributed by atoms with van der Waals surface area (Å²) in [5, 5.41) is 12.2. The van der Waals surface area contributed by atoms with Gasteiger partial charge in [-0.1, -0.05) is 52.7 Å². The van der Waals surface area contributed by atoms with Crippen LogP contribution in [0.2, 0.25) is 0 Å². The van der Waals surface area contributed by atoms with Crippen molar-refractivity contribution in [2.24, 2.45) is 0 Å². The SMILES string of the molecule is CCCCOc1ccc(C(=O)Nc2nnc(-c3ccc(Br)cc3)s2)cc1. The van der Waals surface area contributed by atoms with E-state index in [2.05, 4.69) is 38.4 Å². The van der Waals surface area contributed by atoms with Gasteiger partial charge >= 0.3 is 0 Å². The molecule has 5 nitrogen and oxygen atoms in total. The highest BCUT2D eigenvalue weighted by Gasteiger charge is 2.11. The van der Waals surface area contributed by atoms with Crippen LogP contribution in [0.15, 0.2) is 53.0 Å². The average Bonchev–Trinajstić information content (AvgIpc) is 3.11. The molecule has 0 saturated heterocycles. The number of hydrogen-bond donors (Lipinski definition) is 1. The van der Waals surface area contributed by atoms with E-state index in [4.69, 9.17) is 4.74 Å². The molecule has 1 aromatic heterocycles. The van der Waals surface area contributed by atoms with Crippen molar-refractivity contribution in [3.05, 3.63) is 58.6 Å². The van der Waals surface area contributed by atoms with E-state index in [1.165, 1.54) is 11.3 Å². The highest BCUT2D eigenvalue weighted by molar-refractivity contribution is 9.10. The van der Waals surface area contributed by atoms with E-state index in [-0.39, 0.29) is 5.91 Å². The Bertz CT molecular complexity index is 863. The zero-order valence-electron chi connectivity index (χ0n) is 14.2. The van der Waals surface area contributed by atoms with Gasteiger partial charge in [0.25, 0.3) is 5.91 Å². The van der Waals surface area contributed by atoms with Crippen LogP contribution in [0, 0.1) is 0 Å². The first kappa shape index (κ1) is 18.5. The quantitative estimate of drug-likeness (QED) is 0.508. The van der Waals surface area contributed by atoms with Crippen LogP contribution < -0.4 is 10.1 Å². The van der Waals surface area contributed by atoms with E-state index in [1.54, 1.807) is 24.3 Å². The molecule has 0 unspecified atom stereocenters. The molecule has 2 aromatic carbocycles. The van der Waals surface area contributed by atoms with Crippen molar-refractivity contribution in [3.63, 3.8) is 0 Å². The van der Waals surface area contributed by atoms with Crippen molar-refractivity contribution in [1.82, 2.24) is 10.2 Å². The second-order valence-corrected chi connectivity index (χ2v) is 7.49. The van der Waals surface area contributed by atoms with Gasteiger partial charge in [-0.15, -0.1) is 10.2 Å². The molecule has 1 N–H and O–H groups in total. The summed E-state index contributed by atoms with van der Waals surface area (Å²) in [7, 11) is 0. The lowest BCUT2D eigenvalue weighted by Crippen LogP contribution is -2.11. The lowest BCUT2D eigenvalue weighted by atomic mass is 10.2. The predicted octanol–water partition coefficient (Wildman–Crippen LogP) is 5.40. The van der Waals surface area contributed by atoms with Crippen LogP contribution in [0.1, 0.15) is 30.1 Å². The normalized spacial score (nSPS) is 10.5. The van der Waals surface area contributed by atoms with Gasteiger partial charge in [0.05, 0.1) is 6.61 Å². The minimum atomic E-state index is -0.219. The predicted molar refractivity (Wildman–Crippen MR) is 108 cm³/mol. The number of carbonyl (C=O) groups excluding carboxylic acids is 1. The molecule has 0 radical (unpaired) electrons. The third-order valence-electron chi connectivity index (χ3n) is 3.62. The van der Waals surface area contributed by atoms with Crippen LogP contribution in [-0.4, -0.2) is 22.7 Å². The van der Waals surface area contributed by atoms with Gasteiger partial charge in [-0.3, -0.25) is 10.1 Å². The van der Waals surface area contributed by atoms with Crippen LogP contribution in [-0.2, 0) is 0 Å². The molecule has 0 aliphatic rings. The first-order valence-corrected chi connectivity index (χ1v) is 9.90. The summed E-state index contributed by atoms with van der Waals surface area (Å²) < 4.78 is 6.61. The number of carbonyl (C=O) groups is 1. The van der Waals surface area contributed by atoms with E-state index in [0.717, 1.165) is 33.6 Å². The zero-order chi connectivity index (χ0) is 18.4. The Labute approximate surface area is 164 Å². The standard InChI is InChI=1S/C19H18BrN3O2S/c1-2-3-12-25-16-10-6-13(7-11-16)17(24)21-19-23-22-18(26-19)14-4-8-15(20)9-5-14/h4-11H,2-3,12H2,1H3,(H,21,23,24). The van der Waals surface area contributed by atoms with Crippen molar-refractivity contribution in [3.8, 4) is 16.3 Å². The number of hydrogen-bond acceptors (Lipinski definition) is 5. The maximum absolute atomic E-state index is 12.4. The second-order valence-electron chi connectivity index (χ2n) is 5.60. The van der Waals surface area contributed by atoms with Gasteiger partial charge in [-0.25, -0.2) is 0 Å². The van der Waals surface area contributed by atoms with Crippen LogP contribution in [0.3, 0.4) is 0 Å². The largest absolute Gasteiger partial charge is 0.494 e. The topological polar surface area (TPSA) is 64.1 Å². The monoisotopic (exact) mass is 431 g/mol. The smallest absolute Gasteiger partial charge is 0.257 e. The zero-order valence-corrected chi connectivity index (χ0v) is 16.6. The summed E-state index contributed by atoms with van der Waals surface area (Å²) in [6, 6.07) is 14.9. The van der Waals surface area contributed by atoms with Crippen LogP contribution in [0.25, 0.3) is 10.6 Å². The number of nitrogens with zero attached hydrogens (tertiary/aromatic N) is 2. The summed E-state index contributed by atoms with van der Waals surface area (Å²) in [6.07, 6.45) is 2.10. The molecule has 0 aliphatic heterocycles. The summed E-state index contributed by atoms with van der Waals surface area (Å²) in [5.74, 6) is 0.548. The first-order valence-electron chi connectivity index (χ1n) is 8.29. The number of unbranched alkanes of at least 4 members (excludes halogenated alkanes) is 1. The summed E-state index contributed by atoms with van der Waals surface area (Å²) in [6.45, 7) is 2.80. The molecule has 7 heteroatoms. The van der Waals surface area contributed by atoms with Crippen molar-refractivity contribution in [2.75, 3.05) is 11.9 Å². The Morgan fingerprint density at radius 1 is 1.12 bits per heavy atom. The molecule has 1 amide bonds. The molecule has 134 valence electrons. The molecule has 0 bridgehead atoms. The van der Waals surface area contributed by atoms with Gasteiger partial charge in [0.15, 0.2) is 0 Å². The Morgan fingerprint density at radius 2 is 1.85 bits per heavy atom. The number of anilines is 1. The minimum Gasteiger partial charge on any atom is -0.494 e. The van der Waals surface area contributed by atoms with Gasteiger partial charge in [0.1, 0.15) is 10.8 Å². The van der Waals surface area contributed by atoms with E-state index in [1.807, 2.05) is 24.3 Å². The highest BCUT2D eigenvalue weighted by Crippen LogP contribution is 2.27. The molecule has 0 aliphatic carbocycles. The number of nitrogens with one attached hydrogen (secondary N) is 1. The maximum atomic E-state index is 12.4. The Morgan fingerprint density at radius 3 is 2.54 bits per heavy atom. The number of ether oxygens (including phenoxy) is 1. The number of rotatable bonds is 7. The van der Waals surface area contributed by atoms with Gasteiger partial charge in [0, 0.05) is 15.6 Å². The minimum absolute atomic E-state index is 0.219. The summed E-state index contributed by atoms with van der Waals surface area (Å²) >= 11 is 4.74. The van der Waals surface area contributed by atoms with Gasteiger partial charge in [0.2, 0.25) is 5.13 Å².